The quantitative estimate of drug-likeness (QED) is 0.271. The maximum atomic E-state index is 13.3. The van der Waals surface area contributed by atoms with Gasteiger partial charge in [-0.05, 0) is 66.9 Å². The third-order valence-electron chi connectivity index (χ3n) is 5.70. The van der Waals surface area contributed by atoms with E-state index in [0.29, 0.717) is 35.8 Å². The van der Waals surface area contributed by atoms with Crippen LogP contribution in [0.4, 0.5) is 0 Å². The first-order chi connectivity index (χ1) is 17.0. The van der Waals surface area contributed by atoms with Crippen molar-refractivity contribution in [3.05, 3.63) is 95.3 Å². The number of amides is 1. The van der Waals surface area contributed by atoms with Crippen LogP contribution in [-0.4, -0.2) is 39.9 Å². The molecule has 4 rings (SSSR count). The first-order valence-corrected chi connectivity index (χ1v) is 11.7. The lowest BCUT2D eigenvalue weighted by molar-refractivity contribution is -0.140. The van der Waals surface area contributed by atoms with Gasteiger partial charge >= 0.3 is 0 Å². The van der Waals surface area contributed by atoms with Gasteiger partial charge in [-0.2, -0.15) is 0 Å². The second-order valence-corrected chi connectivity index (χ2v) is 8.17. The Morgan fingerprint density at radius 3 is 2.49 bits per heavy atom. The molecule has 1 aromatic heterocycles. The van der Waals surface area contributed by atoms with Crippen LogP contribution in [0.2, 0.25) is 0 Å². The van der Waals surface area contributed by atoms with Gasteiger partial charge in [-0.15, -0.1) is 0 Å². The summed E-state index contributed by atoms with van der Waals surface area (Å²) in [6.07, 6.45) is 4.15. The molecule has 1 aliphatic heterocycles. The van der Waals surface area contributed by atoms with Gasteiger partial charge in [-0.25, -0.2) is 0 Å². The van der Waals surface area contributed by atoms with E-state index in [-0.39, 0.29) is 17.9 Å². The number of aromatic nitrogens is 1. The van der Waals surface area contributed by atoms with E-state index < -0.39 is 17.7 Å². The van der Waals surface area contributed by atoms with Crippen molar-refractivity contribution in [2.75, 3.05) is 13.2 Å². The van der Waals surface area contributed by atoms with Crippen molar-refractivity contribution in [1.29, 1.82) is 0 Å². The fraction of sp³-hybridized carbons (Fsp3) is 0.250. The fourth-order valence-corrected chi connectivity index (χ4v) is 4.10. The monoisotopic (exact) mass is 472 g/mol. The number of rotatable bonds is 9. The molecule has 1 amide bonds. The molecule has 1 fully saturated rings. The van der Waals surface area contributed by atoms with Crippen molar-refractivity contribution in [1.82, 2.24) is 9.88 Å². The van der Waals surface area contributed by atoms with Crippen molar-refractivity contribution < 1.29 is 24.2 Å². The Morgan fingerprint density at radius 2 is 1.80 bits per heavy atom. The number of nitrogens with zero attached hydrogens (tertiary/aromatic N) is 2. The van der Waals surface area contributed by atoms with Gasteiger partial charge in [-0.1, -0.05) is 25.1 Å². The number of ether oxygens (including phenoxy) is 2. The van der Waals surface area contributed by atoms with E-state index in [4.69, 9.17) is 9.47 Å². The van der Waals surface area contributed by atoms with Gasteiger partial charge < -0.3 is 19.5 Å². The molecule has 0 unspecified atom stereocenters. The average molecular weight is 473 g/mol. The zero-order valence-corrected chi connectivity index (χ0v) is 19.8. The number of carbonyl (C=O) groups is 2. The molecule has 2 aromatic carbocycles. The minimum absolute atomic E-state index is 0.0377. The lowest BCUT2D eigenvalue weighted by Crippen LogP contribution is -2.29. The van der Waals surface area contributed by atoms with Crippen molar-refractivity contribution in [2.45, 2.75) is 32.9 Å². The molecule has 1 saturated heterocycles. The van der Waals surface area contributed by atoms with Gasteiger partial charge in [0.2, 0.25) is 0 Å². The lowest BCUT2D eigenvalue weighted by Gasteiger charge is -2.25. The Labute approximate surface area is 204 Å². The molecule has 0 spiro atoms. The number of aliphatic hydroxyl groups excluding tert-OH is 1. The van der Waals surface area contributed by atoms with E-state index in [9.17, 15) is 14.7 Å². The molecule has 7 heteroatoms. The number of pyridine rings is 1. The summed E-state index contributed by atoms with van der Waals surface area (Å²) in [5.74, 6) is -0.350. The Hall–Kier alpha value is -4.13. The number of aliphatic hydroxyl groups is 1. The highest BCUT2D eigenvalue weighted by atomic mass is 16.5. The SMILES string of the molecule is CCCOc1cccc([C@H]2C(=C(O)c3ccc(OCC)cc3)C(=O)C(=O)N2Cc2cccnc2)c1. The van der Waals surface area contributed by atoms with Crippen molar-refractivity contribution >= 4 is 17.4 Å². The lowest BCUT2D eigenvalue weighted by atomic mass is 9.95. The van der Waals surface area contributed by atoms with Crippen LogP contribution >= 0.6 is 0 Å². The van der Waals surface area contributed by atoms with Crippen LogP contribution in [0.25, 0.3) is 5.76 Å². The molecular formula is C28H28N2O5. The van der Waals surface area contributed by atoms with Gasteiger partial charge in [0.05, 0.1) is 24.8 Å². The molecule has 1 aliphatic rings. The van der Waals surface area contributed by atoms with Gasteiger partial charge in [0, 0.05) is 24.5 Å². The molecule has 3 aromatic rings. The summed E-state index contributed by atoms with van der Waals surface area (Å²) in [4.78, 5) is 32.0. The zero-order chi connectivity index (χ0) is 24.8. The molecule has 0 aliphatic carbocycles. The number of Topliss-reactive ketones (excluding diaryl/α,β-unsaturated/α-hetero) is 1. The van der Waals surface area contributed by atoms with Crippen LogP contribution in [0.1, 0.15) is 43.0 Å². The first-order valence-electron chi connectivity index (χ1n) is 11.7. The topological polar surface area (TPSA) is 89.0 Å². The minimum Gasteiger partial charge on any atom is -0.507 e. The van der Waals surface area contributed by atoms with E-state index in [1.54, 1.807) is 42.7 Å². The summed E-state index contributed by atoms with van der Waals surface area (Å²) in [5, 5.41) is 11.3. The molecule has 1 atom stereocenters. The largest absolute Gasteiger partial charge is 0.507 e. The number of carbonyl (C=O) groups excluding carboxylic acids is 2. The predicted molar refractivity (Wildman–Crippen MR) is 132 cm³/mol. The van der Waals surface area contributed by atoms with Gasteiger partial charge in [-0.3, -0.25) is 14.6 Å². The normalized spacial score (nSPS) is 17.0. The summed E-state index contributed by atoms with van der Waals surface area (Å²) in [7, 11) is 0. The average Bonchev–Trinajstić information content (AvgIpc) is 3.13. The highest BCUT2D eigenvalue weighted by molar-refractivity contribution is 6.46. The summed E-state index contributed by atoms with van der Waals surface area (Å²) in [5.41, 5.74) is 1.92. The van der Waals surface area contributed by atoms with E-state index in [1.807, 2.05) is 44.2 Å². The molecule has 0 saturated carbocycles. The summed E-state index contributed by atoms with van der Waals surface area (Å²) >= 11 is 0. The van der Waals surface area contributed by atoms with E-state index >= 15 is 0 Å². The Kier molecular flexibility index (Phi) is 7.45. The third-order valence-corrected chi connectivity index (χ3v) is 5.70. The second-order valence-electron chi connectivity index (χ2n) is 8.17. The fourth-order valence-electron chi connectivity index (χ4n) is 4.10. The van der Waals surface area contributed by atoms with Crippen LogP contribution < -0.4 is 9.47 Å². The number of hydrogen-bond acceptors (Lipinski definition) is 6. The Bertz CT molecular complexity index is 1220. The van der Waals surface area contributed by atoms with Crippen LogP contribution in [0.5, 0.6) is 11.5 Å². The molecule has 0 bridgehead atoms. The first kappa shape index (κ1) is 24.0. The molecule has 180 valence electrons. The molecule has 35 heavy (non-hydrogen) atoms. The Morgan fingerprint density at radius 1 is 1.00 bits per heavy atom. The zero-order valence-electron chi connectivity index (χ0n) is 19.8. The predicted octanol–water partition coefficient (Wildman–Crippen LogP) is 4.89. The summed E-state index contributed by atoms with van der Waals surface area (Å²) in [6.45, 7) is 5.13. The van der Waals surface area contributed by atoms with Crippen LogP contribution in [0.3, 0.4) is 0 Å². The van der Waals surface area contributed by atoms with Gasteiger partial charge in [0.25, 0.3) is 11.7 Å². The number of ketones is 1. The molecular weight excluding hydrogens is 444 g/mol. The van der Waals surface area contributed by atoms with Gasteiger partial charge in [0.1, 0.15) is 17.3 Å². The Balaban J connectivity index is 1.81. The highest BCUT2D eigenvalue weighted by Gasteiger charge is 2.46. The number of likely N-dealkylation sites (tertiary alicyclic amines) is 1. The van der Waals surface area contributed by atoms with Crippen molar-refractivity contribution in [3.8, 4) is 11.5 Å². The van der Waals surface area contributed by atoms with E-state index in [0.717, 1.165) is 12.0 Å². The molecule has 7 nitrogen and oxygen atoms in total. The second kappa shape index (κ2) is 10.9. The maximum Gasteiger partial charge on any atom is 0.295 e. The summed E-state index contributed by atoms with van der Waals surface area (Å²) < 4.78 is 11.3. The van der Waals surface area contributed by atoms with Gasteiger partial charge in [0.15, 0.2) is 0 Å². The maximum absolute atomic E-state index is 13.3. The minimum atomic E-state index is -0.785. The molecule has 1 N–H and O–H groups in total. The highest BCUT2D eigenvalue weighted by Crippen LogP contribution is 2.41. The standard InChI is InChI=1S/C28H28N2O5/c1-3-15-35-23-9-5-8-21(16-23)25-24(26(31)20-10-12-22(13-11-20)34-4-2)27(32)28(33)30(25)18-19-7-6-14-29-17-19/h5-14,16-17,25,31H,3-4,15,18H2,1-2H3/t25-/m0/s1. The van der Waals surface area contributed by atoms with Crippen LogP contribution in [-0.2, 0) is 16.1 Å². The molecule has 0 radical (unpaired) electrons. The molecule has 2 heterocycles. The van der Waals surface area contributed by atoms with E-state index in [1.165, 1.54) is 4.90 Å². The number of hydrogen-bond donors (Lipinski definition) is 1. The smallest absolute Gasteiger partial charge is 0.295 e. The van der Waals surface area contributed by atoms with Crippen LogP contribution in [0.15, 0.2) is 78.6 Å². The van der Waals surface area contributed by atoms with Crippen molar-refractivity contribution in [2.24, 2.45) is 0 Å². The number of benzene rings is 2. The van der Waals surface area contributed by atoms with Crippen molar-refractivity contribution in [3.63, 3.8) is 0 Å². The third kappa shape index (κ3) is 5.19. The van der Waals surface area contributed by atoms with E-state index in [2.05, 4.69) is 4.98 Å². The summed E-state index contributed by atoms with van der Waals surface area (Å²) in [6, 6.07) is 16.9. The van der Waals surface area contributed by atoms with Crippen LogP contribution in [0, 0.1) is 0 Å².